The molecular formula is C21H19N3O4. The van der Waals surface area contributed by atoms with E-state index in [1.54, 1.807) is 23.4 Å². The standard InChI is InChI=1S/C21H19N3O4/c25-18-7-6-16(12-23(18)13-19(26)27)24-10-8-14-3-1-5-17(20(14)21(24)28)15-4-2-9-22-11-15/h1-7,9,11-12,18,25H,8,10,13H2,(H,26,27). The highest BCUT2D eigenvalue weighted by atomic mass is 16.4. The predicted octanol–water partition coefficient (Wildman–Crippen LogP) is 1.86. The molecule has 1 aromatic heterocycles. The van der Waals surface area contributed by atoms with Crippen LogP contribution in [0.1, 0.15) is 15.9 Å². The van der Waals surface area contributed by atoms with E-state index >= 15 is 0 Å². The number of nitrogens with zero attached hydrogens (tertiary/aromatic N) is 3. The second-order valence-electron chi connectivity index (χ2n) is 6.68. The van der Waals surface area contributed by atoms with Crippen LogP contribution < -0.4 is 0 Å². The third-order valence-corrected chi connectivity index (χ3v) is 4.89. The Morgan fingerprint density at radius 2 is 2.11 bits per heavy atom. The number of hydrogen-bond donors (Lipinski definition) is 2. The van der Waals surface area contributed by atoms with Gasteiger partial charge in [-0.2, -0.15) is 0 Å². The van der Waals surface area contributed by atoms with Gasteiger partial charge in [0.1, 0.15) is 12.8 Å². The van der Waals surface area contributed by atoms with E-state index in [9.17, 15) is 14.7 Å². The molecule has 7 heteroatoms. The van der Waals surface area contributed by atoms with Crippen molar-refractivity contribution in [1.29, 1.82) is 0 Å². The van der Waals surface area contributed by atoms with Crippen molar-refractivity contribution in [1.82, 2.24) is 14.8 Å². The summed E-state index contributed by atoms with van der Waals surface area (Å²) in [6, 6.07) is 9.55. The van der Waals surface area contributed by atoms with E-state index in [1.807, 2.05) is 30.3 Å². The summed E-state index contributed by atoms with van der Waals surface area (Å²) in [5.74, 6) is -1.21. The molecule has 4 rings (SSSR count). The first-order valence-electron chi connectivity index (χ1n) is 8.94. The number of aliphatic hydroxyl groups is 1. The van der Waals surface area contributed by atoms with Gasteiger partial charge in [0.25, 0.3) is 5.91 Å². The molecule has 0 radical (unpaired) electrons. The third-order valence-electron chi connectivity index (χ3n) is 4.89. The third kappa shape index (κ3) is 3.27. The molecule has 0 aliphatic carbocycles. The Labute approximate surface area is 161 Å². The predicted molar refractivity (Wildman–Crippen MR) is 102 cm³/mol. The summed E-state index contributed by atoms with van der Waals surface area (Å²) in [4.78, 5) is 31.4. The van der Waals surface area contributed by atoms with E-state index < -0.39 is 12.2 Å². The van der Waals surface area contributed by atoms with Gasteiger partial charge in [0.15, 0.2) is 0 Å². The Hall–Kier alpha value is -3.45. The zero-order valence-corrected chi connectivity index (χ0v) is 15.0. The molecule has 3 heterocycles. The normalized spacial score (nSPS) is 18.7. The summed E-state index contributed by atoms with van der Waals surface area (Å²) in [7, 11) is 0. The quantitative estimate of drug-likeness (QED) is 0.845. The van der Waals surface area contributed by atoms with Crippen molar-refractivity contribution in [2.45, 2.75) is 12.6 Å². The summed E-state index contributed by atoms with van der Waals surface area (Å²) in [5.41, 5.74) is 3.86. The molecule has 28 heavy (non-hydrogen) atoms. The first kappa shape index (κ1) is 17.9. The summed E-state index contributed by atoms with van der Waals surface area (Å²) in [6.45, 7) is 0.129. The number of fused-ring (bicyclic) bond motifs is 1. The Balaban J connectivity index is 1.71. The monoisotopic (exact) mass is 377 g/mol. The number of aliphatic carboxylic acids is 1. The number of pyridine rings is 1. The minimum absolute atomic E-state index is 0.150. The molecule has 0 saturated carbocycles. The van der Waals surface area contributed by atoms with Crippen molar-refractivity contribution in [3.8, 4) is 11.1 Å². The molecule has 1 atom stereocenters. The molecule has 0 saturated heterocycles. The lowest BCUT2D eigenvalue weighted by atomic mass is 9.91. The maximum Gasteiger partial charge on any atom is 0.323 e. The van der Waals surface area contributed by atoms with Crippen LogP contribution in [0.2, 0.25) is 0 Å². The molecule has 1 aromatic carbocycles. The van der Waals surface area contributed by atoms with Crippen LogP contribution in [0.4, 0.5) is 0 Å². The lowest BCUT2D eigenvalue weighted by Crippen LogP contribution is -2.41. The number of benzene rings is 1. The molecule has 0 bridgehead atoms. The van der Waals surface area contributed by atoms with Crippen molar-refractivity contribution in [2.24, 2.45) is 0 Å². The van der Waals surface area contributed by atoms with Crippen molar-refractivity contribution < 1.29 is 19.8 Å². The number of amides is 1. The fraction of sp³-hybridized carbons (Fsp3) is 0.190. The van der Waals surface area contributed by atoms with Crippen molar-refractivity contribution in [3.05, 3.63) is 77.9 Å². The minimum atomic E-state index is -1.06. The van der Waals surface area contributed by atoms with Gasteiger partial charge in [0.2, 0.25) is 0 Å². The van der Waals surface area contributed by atoms with Crippen molar-refractivity contribution >= 4 is 11.9 Å². The van der Waals surface area contributed by atoms with Crippen LogP contribution in [-0.4, -0.2) is 56.2 Å². The van der Waals surface area contributed by atoms with E-state index in [0.717, 1.165) is 16.7 Å². The molecule has 0 spiro atoms. The summed E-state index contributed by atoms with van der Waals surface area (Å²) < 4.78 is 0. The van der Waals surface area contributed by atoms with E-state index in [2.05, 4.69) is 4.98 Å². The average molecular weight is 377 g/mol. The second kappa shape index (κ2) is 7.28. The first-order valence-corrected chi connectivity index (χ1v) is 8.94. The van der Waals surface area contributed by atoms with Gasteiger partial charge in [-0.05, 0) is 35.8 Å². The van der Waals surface area contributed by atoms with Gasteiger partial charge in [-0.25, -0.2) is 0 Å². The van der Waals surface area contributed by atoms with Crippen molar-refractivity contribution in [2.75, 3.05) is 13.1 Å². The van der Waals surface area contributed by atoms with Crippen molar-refractivity contribution in [3.63, 3.8) is 0 Å². The first-order chi connectivity index (χ1) is 13.5. The fourth-order valence-corrected chi connectivity index (χ4v) is 3.58. The number of aliphatic hydroxyl groups excluding tert-OH is 1. The smallest absolute Gasteiger partial charge is 0.323 e. The lowest BCUT2D eigenvalue weighted by Gasteiger charge is -2.34. The van der Waals surface area contributed by atoms with Gasteiger partial charge in [0, 0.05) is 30.7 Å². The number of hydrogen-bond acceptors (Lipinski definition) is 5. The van der Waals surface area contributed by atoms with Gasteiger partial charge in [-0.15, -0.1) is 0 Å². The Bertz CT molecular complexity index is 984. The number of aromatic nitrogens is 1. The van der Waals surface area contributed by atoms with Crippen LogP contribution in [0.25, 0.3) is 11.1 Å². The van der Waals surface area contributed by atoms with Gasteiger partial charge in [-0.3, -0.25) is 14.6 Å². The molecular weight excluding hydrogens is 358 g/mol. The van der Waals surface area contributed by atoms with E-state index in [1.165, 1.54) is 17.2 Å². The molecule has 1 amide bonds. The molecule has 2 aliphatic rings. The SMILES string of the molecule is O=C(O)CN1C=C(N2CCc3cccc(-c4cccnc4)c3C2=O)C=CC1O. The summed E-state index contributed by atoms with van der Waals surface area (Å²) >= 11 is 0. The fourth-order valence-electron chi connectivity index (χ4n) is 3.58. The number of carboxylic acids is 1. The van der Waals surface area contributed by atoms with Crippen LogP contribution >= 0.6 is 0 Å². The average Bonchev–Trinajstić information content (AvgIpc) is 2.70. The molecule has 142 valence electrons. The maximum atomic E-state index is 13.4. The van der Waals surface area contributed by atoms with Gasteiger partial charge >= 0.3 is 5.97 Å². The highest BCUT2D eigenvalue weighted by molar-refractivity contribution is 6.04. The minimum Gasteiger partial charge on any atom is -0.480 e. The summed E-state index contributed by atoms with van der Waals surface area (Å²) in [6.07, 6.45) is 7.72. The molecule has 2 aliphatic heterocycles. The van der Waals surface area contributed by atoms with Crippen LogP contribution in [0, 0.1) is 0 Å². The maximum absolute atomic E-state index is 13.4. The van der Waals surface area contributed by atoms with E-state index in [4.69, 9.17) is 5.11 Å². The van der Waals surface area contributed by atoms with Gasteiger partial charge in [0.05, 0.1) is 11.3 Å². The van der Waals surface area contributed by atoms with E-state index in [0.29, 0.717) is 24.2 Å². The number of allylic oxidation sites excluding steroid dienone is 1. The summed E-state index contributed by atoms with van der Waals surface area (Å²) in [5, 5.41) is 19.0. The Morgan fingerprint density at radius 1 is 1.25 bits per heavy atom. The highest BCUT2D eigenvalue weighted by Gasteiger charge is 2.30. The number of carbonyl (C=O) groups excluding carboxylic acids is 1. The lowest BCUT2D eigenvalue weighted by molar-refractivity contribution is -0.139. The second-order valence-corrected chi connectivity index (χ2v) is 6.68. The highest BCUT2D eigenvalue weighted by Crippen LogP contribution is 2.32. The Kier molecular flexibility index (Phi) is 4.67. The topological polar surface area (TPSA) is 94.0 Å². The van der Waals surface area contributed by atoms with Gasteiger partial charge < -0.3 is 20.0 Å². The molecule has 2 aromatic rings. The van der Waals surface area contributed by atoms with Crippen LogP contribution in [0.15, 0.2) is 66.8 Å². The molecule has 1 unspecified atom stereocenters. The van der Waals surface area contributed by atoms with Crippen LogP contribution in [0.5, 0.6) is 0 Å². The molecule has 7 nitrogen and oxygen atoms in total. The number of carbonyl (C=O) groups is 2. The molecule has 0 fully saturated rings. The van der Waals surface area contributed by atoms with E-state index in [-0.39, 0.29) is 12.5 Å². The zero-order chi connectivity index (χ0) is 19.7. The number of rotatable bonds is 4. The van der Waals surface area contributed by atoms with Crippen LogP contribution in [0.3, 0.4) is 0 Å². The molecule has 2 N–H and O–H groups in total. The zero-order valence-electron chi connectivity index (χ0n) is 15.0. The Morgan fingerprint density at radius 3 is 2.86 bits per heavy atom. The largest absolute Gasteiger partial charge is 0.480 e. The number of carboxylic acid groups (broad SMARTS) is 1. The van der Waals surface area contributed by atoms with Gasteiger partial charge in [-0.1, -0.05) is 24.3 Å². The van der Waals surface area contributed by atoms with Crippen LogP contribution in [-0.2, 0) is 11.2 Å².